The van der Waals surface area contributed by atoms with Crippen LogP contribution in [0.1, 0.15) is 43.8 Å². The van der Waals surface area contributed by atoms with Crippen LogP contribution in [0.25, 0.3) is 0 Å². The third-order valence-corrected chi connectivity index (χ3v) is 6.22. The zero-order valence-electron chi connectivity index (χ0n) is 14.5. The van der Waals surface area contributed by atoms with Gasteiger partial charge in [-0.1, -0.05) is 25.0 Å². The van der Waals surface area contributed by atoms with E-state index in [-0.39, 0.29) is 11.5 Å². The van der Waals surface area contributed by atoms with Gasteiger partial charge in [0.2, 0.25) is 17.1 Å². The summed E-state index contributed by atoms with van der Waals surface area (Å²) in [7, 11) is 0. The molecular weight excluding hydrogens is 347 g/mol. The smallest absolute Gasteiger partial charge is 0.217 e. The van der Waals surface area contributed by atoms with Crippen molar-refractivity contribution in [2.75, 3.05) is 0 Å². The molecule has 3 aliphatic rings. The Balaban J connectivity index is 2.01. The Kier molecular flexibility index (Phi) is 3.74. The lowest BCUT2D eigenvalue weighted by molar-refractivity contribution is -0.285. The topological polar surface area (TPSA) is 114 Å². The van der Waals surface area contributed by atoms with Gasteiger partial charge in [0.15, 0.2) is 5.41 Å². The Bertz CT molecular complexity index is 929. The average Bonchev–Trinajstić information content (AvgIpc) is 2.80. The average molecular weight is 364 g/mol. The number of nitrogens with zero attached hydrogens (tertiary/aromatic N) is 3. The Morgan fingerprint density at radius 2 is 1.89 bits per heavy atom. The second-order valence-electron chi connectivity index (χ2n) is 7.40. The Hall–Kier alpha value is -2.95. The first-order chi connectivity index (χ1) is 13.0. The van der Waals surface area contributed by atoms with E-state index in [0.717, 1.165) is 19.3 Å². The number of hydrogen-bond donors (Lipinski definition) is 1. The van der Waals surface area contributed by atoms with Crippen molar-refractivity contribution in [1.29, 1.82) is 21.2 Å². The predicted molar refractivity (Wildman–Crippen MR) is 90.0 cm³/mol. The zero-order chi connectivity index (χ0) is 19.3. The number of benzene rings is 1. The summed E-state index contributed by atoms with van der Waals surface area (Å²) >= 11 is 0. The minimum absolute atomic E-state index is 0.290. The quantitative estimate of drug-likeness (QED) is 0.815. The van der Waals surface area contributed by atoms with E-state index < -0.39 is 34.5 Å². The van der Waals surface area contributed by atoms with Crippen molar-refractivity contribution >= 4 is 5.90 Å². The second-order valence-corrected chi connectivity index (χ2v) is 7.40. The Labute approximate surface area is 156 Å². The maximum Gasteiger partial charge on any atom is 0.217 e. The minimum Gasteiger partial charge on any atom is -0.447 e. The molecule has 2 heterocycles. The van der Waals surface area contributed by atoms with Gasteiger partial charge in [-0.2, -0.15) is 15.8 Å². The van der Waals surface area contributed by atoms with Gasteiger partial charge in [0.05, 0.1) is 24.1 Å². The van der Waals surface area contributed by atoms with Crippen LogP contribution in [0, 0.1) is 62.0 Å². The summed E-state index contributed by atoms with van der Waals surface area (Å²) in [4.78, 5) is 0. The highest BCUT2D eigenvalue weighted by Gasteiger charge is 2.80. The van der Waals surface area contributed by atoms with Gasteiger partial charge in [0.25, 0.3) is 0 Å². The van der Waals surface area contributed by atoms with Crippen LogP contribution in [-0.4, -0.2) is 11.7 Å². The molecule has 7 heteroatoms. The molecule has 2 saturated heterocycles. The summed E-state index contributed by atoms with van der Waals surface area (Å²) in [6, 6.07) is 11.6. The normalized spacial score (nSPS) is 36.3. The molecule has 6 nitrogen and oxygen atoms in total. The molecule has 0 unspecified atom stereocenters. The summed E-state index contributed by atoms with van der Waals surface area (Å²) < 4.78 is 26.0. The second kappa shape index (κ2) is 5.78. The molecular formula is C20H17FN4O2. The van der Waals surface area contributed by atoms with Crippen LogP contribution in [0.4, 0.5) is 4.39 Å². The van der Waals surface area contributed by atoms with Crippen LogP contribution >= 0.6 is 0 Å². The first-order valence-electron chi connectivity index (χ1n) is 8.95. The number of ether oxygens (including phenoxy) is 2. The molecule has 4 atom stereocenters. The van der Waals surface area contributed by atoms with Crippen molar-refractivity contribution < 1.29 is 13.9 Å². The van der Waals surface area contributed by atoms with Crippen molar-refractivity contribution in [2.24, 2.45) is 16.7 Å². The fourth-order valence-electron chi connectivity index (χ4n) is 5.01. The van der Waals surface area contributed by atoms with Crippen LogP contribution in [0.2, 0.25) is 0 Å². The lowest BCUT2D eigenvalue weighted by Crippen LogP contribution is -2.59. The van der Waals surface area contributed by atoms with Gasteiger partial charge in [-0.05, 0) is 30.5 Å². The molecule has 0 spiro atoms. The Morgan fingerprint density at radius 1 is 1.11 bits per heavy atom. The number of halogens is 1. The summed E-state index contributed by atoms with van der Waals surface area (Å²) in [5.41, 5.74) is -3.48. The summed E-state index contributed by atoms with van der Waals surface area (Å²) in [5, 5.41) is 38.8. The molecule has 1 aliphatic carbocycles. The SMILES string of the molecule is N#CC1(C#N)[C@@H](c2cccc(F)c2)O[C@@]23CCCCC[C@H]2[C@@]1(C#N)C(=N)O3. The highest BCUT2D eigenvalue weighted by atomic mass is 19.1. The first kappa shape index (κ1) is 17.5. The van der Waals surface area contributed by atoms with Crippen LogP contribution in [0.3, 0.4) is 0 Å². The molecule has 4 rings (SSSR count). The van der Waals surface area contributed by atoms with E-state index in [2.05, 4.69) is 6.07 Å². The molecule has 136 valence electrons. The minimum atomic E-state index is -2.01. The molecule has 27 heavy (non-hydrogen) atoms. The molecule has 3 fully saturated rings. The summed E-state index contributed by atoms with van der Waals surface area (Å²) in [6.45, 7) is 0. The van der Waals surface area contributed by atoms with Gasteiger partial charge in [0.1, 0.15) is 11.9 Å². The van der Waals surface area contributed by atoms with Gasteiger partial charge >= 0.3 is 0 Å². The predicted octanol–water partition coefficient (Wildman–Crippen LogP) is 3.72. The fourth-order valence-corrected chi connectivity index (χ4v) is 5.01. The third-order valence-electron chi connectivity index (χ3n) is 6.22. The largest absolute Gasteiger partial charge is 0.447 e. The highest BCUT2D eigenvalue weighted by Crippen LogP contribution is 2.68. The lowest BCUT2D eigenvalue weighted by Gasteiger charge is -2.49. The maximum absolute atomic E-state index is 13.9. The van der Waals surface area contributed by atoms with Crippen molar-refractivity contribution in [3.63, 3.8) is 0 Å². The van der Waals surface area contributed by atoms with Crippen molar-refractivity contribution in [2.45, 2.75) is 44.0 Å². The number of hydrogen-bond acceptors (Lipinski definition) is 6. The zero-order valence-corrected chi connectivity index (χ0v) is 14.5. The molecule has 1 N–H and O–H groups in total. The van der Waals surface area contributed by atoms with E-state index in [1.807, 2.05) is 12.1 Å². The third kappa shape index (κ3) is 1.97. The number of nitriles is 3. The van der Waals surface area contributed by atoms with Crippen LogP contribution in [0.5, 0.6) is 0 Å². The lowest BCUT2D eigenvalue weighted by atomic mass is 9.52. The highest BCUT2D eigenvalue weighted by molar-refractivity contribution is 5.89. The van der Waals surface area contributed by atoms with E-state index in [9.17, 15) is 20.2 Å². The molecule has 0 amide bonds. The van der Waals surface area contributed by atoms with Crippen molar-refractivity contribution in [3.8, 4) is 18.2 Å². The van der Waals surface area contributed by atoms with Crippen LogP contribution < -0.4 is 0 Å². The van der Waals surface area contributed by atoms with Gasteiger partial charge in [-0.3, -0.25) is 5.41 Å². The maximum atomic E-state index is 13.9. The Morgan fingerprint density at radius 3 is 2.56 bits per heavy atom. The van der Waals surface area contributed by atoms with E-state index >= 15 is 0 Å². The van der Waals surface area contributed by atoms with Crippen LogP contribution in [0.15, 0.2) is 24.3 Å². The fraction of sp³-hybridized carbons (Fsp3) is 0.500. The van der Waals surface area contributed by atoms with E-state index in [1.54, 1.807) is 6.07 Å². The van der Waals surface area contributed by atoms with Gasteiger partial charge in [0, 0.05) is 6.42 Å². The number of rotatable bonds is 1. The molecule has 2 bridgehead atoms. The summed E-state index contributed by atoms with van der Waals surface area (Å²) in [6.07, 6.45) is 2.29. The van der Waals surface area contributed by atoms with E-state index in [1.165, 1.54) is 18.2 Å². The molecule has 0 aromatic heterocycles. The molecule has 1 saturated carbocycles. The van der Waals surface area contributed by atoms with Crippen LogP contribution in [-0.2, 0) is 9.47 Å². The van der Waals surface area contributed by atoms with Crippen molar-refractivity contribution in [3.05, 3.63) is 35.6 Å². The molecule has 2 aliphatic heterocycles. The first-order valence-corrected chi connectivity index (χ1v) is 8.95. The molecule has 1 aromatic carbocycles. The molecule has 1 aromatic rings. The van der Waals surface area contributed by atoms with Gasteiger partial charge in [-0.25, -0.2) is 4.39 Å². The van der Waals surface area contributed by atoms with E-state index in [4.69, 9.17) is 14.9 Å². The van der Waals surface area contributed by atoms with Gasteiger partial charge < -0.3 is 9.47 Å². The van der Waals surface area contributed by atoms with Crippen molar-refractivity contribution in [1.82, 2.24) is 0 Å². The molecule has 0 radical (unpaired) electrons. The van der Waals surface area contributed by atoms with E-state index in [0.29, 0.717) is 12.8 Å². The van der Waals surface area contributed by atoms with Gasteiger partial charge in [-0.15, -0.1) is 0 Å². The monoisotopic (exact) mass is 364 g/mol. The number of nitrogens with one attached hydrogen (secondary N) is 1. The standard InChI is InChI=1S/C20H17FN4O2/c21-14-6-4-5-13(9-14)16-18(10-22,11-23)19(12-24)15-7-2-1-3-8-20(15,26-16)27-17(19)25/h4-6,9,15-16,25H,1-3,7-8H2/t15-,16+,19-,20+/m0/s1. The summed E-state index contributed by atoms with van der Waals surface area (Å²) in [5.74, 6) is -2.75.